The van der Waals surface area contributed by atoms with E-state index in [1.165, 1.54) is 0 Å². The standard InChI is InChI=1S/C13H14N2O/c1-10(2)15-13(8-12(9-16)14-15)11-6-4-3-5-7-11/h3-10H,1-2H3. The fourth-order valence-electron chi connectivity index (χ4n) is 1.69. The zero-order chi connectivity index (χ0) is 11.5. The fourth-order valence-corrected chi connectivity index (χ4v) is 1.69. The highest BCUT2D eigenvalue weighted by Crippen LogP contribution is 2.22. The van der Waals surface area contributed by atoms with E-state index >= 15 is 0 Å². The lowest BCUT2D eigenvalue weighted by Crippen LogP contribution is -2.05. The number of hydrogen-bond donors (Lipinski definition) is 0. The Balaban J connectivity index is 2.55. The van der Waals surface area contributed by atoms with Crippen molar-refractivity contribution >= 4 is 6.29 Å². The summed E-state index contributed by atoms with van der Waals surface area (Å²) in [5.74, 6) is 0. The molecule has 0 saturated heterocycles. The molecule has 2 rings (SSSR count). The van der Waals surface area contributed by atoms with E-state index in [1.807, 2.05) is 54.9 Å². The van der Waals surface area contributed by atoms with Crippen LogP contribution in [0, 0.1) is 0 Å². The van der Waals surface area contributed by atoms with Crippen molar-refractivity contribution in [2.75, 3.05) is 0 Å². The zero-order valence-corrected chi connectivity index (χ0v) is 9.42. The zero-order valence-electron chi connectivity index (χ0n) is 9.42. The van der Waals surface area contributed by atoms with Gasteiger partial charge in [-0.1, -0.05) is 30.3 Å². The van der Waals surface area contributed by atoms with Crippen LogP contribution in [0.3, 0.4) is 0 Å². The van der Waals surface area contributed by atoms with Gasteiger partial charge in [0, 0.05) is 6.04 Å². The average molecular weight is 214 g/mol. The first-order valence-electron chi connectivity index (χ1n) is 5.32. The third kappa shape index (κ3) is 1.89. The first kappa shape index (κ1) is 10.6. The maximum absolute atomic E-state index is 10.8. The summed E-state index contributed by atoms with van der Waals surface area (Å²) in [6.45, 7) is 4.10. The van der Waals surface area contributed by atoms with Gasteiger partial charge < -0.3 is 0 Å². The van der Waals surface area contributed by atoms with Crippen LogP contribution in [0.5, 0.6) is 0 Å². The second-order valence-corrected chi connectivity index (χ2v) is 3.98. The number of aromatic nitrogens is 2. The van der Waals surface area contributed by atoms with E-state index in [-0.39, 0.29) is 6.04 Å². The minimum absolute atomic E-state index is 0.240. The molecule has 1 aromatic carbocycles. The van der Waals surface area contributed by atoms with E-state index in [4.69, 9.17) is 0 Å². The van der Waals surface area contributed by atoms with Crippen molar-refractivity contribution < 1.29 is 4.79 Å². The van der Waals surface area contributed by atoms with Gasteiger partial charge in [-0.25, -0.2) is 0 Å². The maximum Gasteiger partial charge on any atom is 0.170 e. The lowest BCUT2D eigenvalue weighted by Gasteiger charge is -2.10. The topological polar surface area (TPSA) is 34.9 Å². The monoisotopic (exact) mass is 214 g/mol. The molecule has 2 aromatic rings. The number of carbonyl (C=O) groups is 1. The molecule has 0 unspecified atom stereocenters. The number of nitrogens with zero attached hydrogens (tertiary/aromatic N) is 2. The van der Waals surface area contributed by atoms with E-state index in [0.717, 1.165) is 17.5 Å². The Morgan fingerprint density at radius 1 is 1.25 bits per heavy atom. The highest BCUT2D eigenvalue weighted by molar-refractivity contribution is 5.75. The Bertz CT molecular complexity index is 486. The smallest absolute Gasteiger partial charge is 0.170 e. The van der Waals surface area contributed by atoms with Gasteiger partial charge in [-0.05, 0) is 25.5 Å². The average Bonchev–Trinajstić information content (AvgIpc) is 2.74. The van der Waals surface area contributed by atoms with E-state index < -0.39 is 0 Å². The van der Waals surface area contributed by atoms with Gasteiger partial charge in [0.25, 0.3) is 0 Å². The summed E-state index contributed by atoms with van der Waals surface area (Å²) in [6, 6.07) is 12.0. The highest BCUT2D eigenvalue weighted by atomic mass is 16.1. The molecule has 0 N–H and O–H groups in total. The molecule has 16 heavy (non-hydrogen) atoms. The lowest BCUT2D eigenvalue weighted by molar-refractivity contribution is 0.111. The molecule has 0 radical (unpaired) electrons. The second kappa shape index (κ2) is 4.31. The predicted molar refractivity (Wildman–Crippen MR) is 63.4 cm³/mol. The number of rotatable bonds is 3. The van der Waals surface area contributed by atoms with Gasteiger partial charge in [0.1, 0.15) is 5.69 Å². The third-order valence-corrected chi connectivity index (χ3v) is 2.43. The molecular weight excluding hydrogens is 200 g/mol. The molecule has 0 aliphatic rings. The number of aldehydes is 1. The molecule has 0 bridgehead atoms. The summed E-state index contributed by atoms with van der Waals surface area (Å²) >= 11 is 0. The highest BCUT2D eigenvalue weighted by Gasteiger charge is 2.11. The largest absolute Gasteiger partial charge is 0.296 e. The normalized spacial score (nSPS) is 10.7. The van der Waals surface area contributed by atoms with Crippen LogP contribution in [0.1, 0.15) is 30.4 Å². The van der Waals surface area contributed by atoms with E-state index in [1.54, 1.807) is 0 Å². The summed E-state index contributed by atoms with van der Waals surface area (Å²) in [6.07, 6.45) is 0.783. The van der Waals surface area contributed by atoms with Crippen molar-refractivity contribution in [3.8, 4) is 11.3 Å². The Kier molecular flexibility index (Phi) is 2.86. The van der Waals surface area contributed by atoms with Crippen LogP contribution in [-0.4, -0.2) is 16.1 Å². The van der Waals surface area contributed by atoms with Gasteiger partial charge in [-0.15, -0.1) is 0 Å². The number of benzene rings is 1. The molecule has 0 atom stereocenters. The Morgan fingerprint density at radius 2 is 1.94 bits per heavy atom. The number of carbonyl (C=O) groups excluding carboxylic acids is 1. The molecule has 0 aliphatic heterocycles. The minimum Gasteiger partial charge on any atom is -0.296 e. The van der Waals surface area contributed by atoms with E-state index in [2.05, 4.69) is 5.10 Å². The molecule has 0 aliphatic carbocycles. The van der Waals surface area contributed by atoms with E-state index in [0.29, 0.717) is 5.69 Å². The first-order valence-corrected chi connectivity index (χ1v) is 5.32. The number of hydrogen-bond acceptors (Lipinski definition) is 2. The summed E-state index contributed by atoms with van der Waals surface area (Å²) in [5.41, 5.74) is 2.54. The van der Waals surface area contributed by atoms with Crippen molar-refractivity contribution in [1.82, 2.24) is 9.78 Å². The summed E-state index contributed by atoms with van der Waals surface area (Å²) < 4.78 is 1.87. The van der Waals surface area contributed by atoms with Gasteiger partial charge in [0.05, 0.1) is 5.69 Å². The maximum atomic E-state index is 10.8. The second-order valence-electron chi connectivity index (χ2n) is 3.98. The molecule has 0 saturated carbocycles. The van der Waals surface area contributed by atoms with Gasteiger partial charge in [0.2, 0.25) is 0 Å². The van der Waals surface area contributed by atoms with Gasteiger partial charge in [-0.3, -0.25) is 9.48 Å². The van der Waals surface area contributed by atoms with Crippen molar-refractivity contribution in [2.45, 2.75) is 19.9 Å². The molecule has 1 heterocycles. The molecule has 82 valence electrons. The van der Waals surface area contributed by atoms with Crippen LogP contribution in [0.4, 0.5) is 0 Å². The van der Waals surface area contributed by atoms with Crippen LogP contribution in [0.2, 0.25) is 0 Å². The van der Waals surface area contributed by atoms with Gasteiger partial charge in [-0.2, -0.15) is 5.10 Å². The molecule has 1 aromatic heterocycles. The van der Waals surface area contributed by atoms with Crippen molar-refractivity contribution in [3.63, 3.8) is 0 Å². The predicted octanol–water partition coefficient (Wildman–Crippen LogP) is 2.94. The first-order chi connectivity index (χ1) is 7.72. The summed E-state index contributed by atoms with van der Waals surface area (Å²) in [7, 11) is 0. The summed E-state index contributed by atoms with van der Waals surface area (Å²) in [4.78, 5) is 10.8. The van der Waals surface area contributed by atoms with Crippen molar-refractivity contribution in [3.05, 3.63) is 42.1 Å². The molecule has 0 amide bonds. The minimum atomic E-state index is 0.240. The van der Waals surface area contributed by atoms with Crippen LogP contribution >= 0.6 is 0 Å². The SMILES string of the molecule is CC(C)n1nc(C=O)cc1-c1ccccc1. The van der Waals surface area contributed by atoms with Crippen LogP contribution in [0.25, 0.3) is 11.3 Å². The van der Waals surface area contributed by atoms with Crippen LogP contribution in [-0.2, 0) is 0 Å². The fraction of sp³-hybridized carbons (Fsp3) is 0.231. The lowest BCUT2D eigenvalue weighted by atomic mass is 10.1. The summed E-state index contributed by atoms with van der Waals surface area (Å²) in [5, 5.41) is 4.25. The molecular formula is C13H14N2O. The van der Waals surface area contributed by atoms with Gasteiger partial charge >= 0.3 is 0 Å². The van der Waals surface area contributed by atoms with E-state index in [9.17, 15) is 4.79 Å². The quantitative estimate of drug-likeness (QED) is 0.736. The van der Waals surface area contributed by atoms with Crippen molar-refractivity contribution in [2.24, 2.45) is 0 Å². The molecule has 3 heteroatoms. The van der Waals surface area contributed by atoms with Gasteiger partial charge in [0.15, 0.2) is 6.29 Å². The van der Waals surface area contributed by atoms with Crippen molar-refractivity contribution in [1.29, 1.82) is 0 Å². The third-order valence-electron chi connectivity index (χ3n) is 2.43. The Labute approximate surface area is 94.7 Å². The molecule has 3 nitrogen and oxygen atoms in total. The van der Waals surface area contributed by atoms with Crippen LogP contribution < -0.4 is 0 Å². The van der Waals surface area contributed by atoms with Crippen LogP contribution in [0.15, 0.2) is 36.4 Å². The Hall–Kier alpha value is -1.90. The molecule has 0 fully saturated rings. The molecule has 0 spiro atoms. The Morgan fingerprint density at radius 3 is 2.50 bits per heavy atom.